The topological polar surface area (TPSA) is 78.2 Å². The second-order valence-corrected chi connectivity index (χ2v) is 6.62. The molecule has 0 aromatic heterocycles. The summed E-state index contributed by atoms with van der Waals surface area (Å²) in [5, 5.41) is 17.7. The zero-order valence-corrected chi connectivity index (χ0v) is 10.2. The van der Waals surface area contributed by atoms with Crippen molar-refractivity contribution in [2.75, 3.05) is 12.9 Å². The van der Waals surface area contributed by atoms with Crippen molar-refractivity contribution in [3.8, 4) is 6.07 Å². The van der Waals surface area contributed by atoms with Gasteiger partial charge in [-0.05, 0) is 5.56 Å². The highest BCUT2D eigenvalue weighted by Gasteiger charge is 2.70. The van der Waals surface area contributed by atoms with E-state index in [2.05, 4.69) is 0 Å². The van der Waals surface area contributed by atoms with Crippen molar-refractivity contribution in [3.63, 3.8) is 0 Å². The highest BCUT2D eigenvalue weighted by Crippen LogP contribution is 2.62. The Kier molecular flexibility index (Phi) is 2.72. The summed E-state index contributed by atoms with van der Waals surface area (Å²) >= 11 is 0. The Morgan fingerprint density at radius 1 is 1.41 bits per heavy atom. The maximum atomic E-state index is 11.6. The molecule has 1 aromatic rings. The predicted molar refractivity (Wildman–Crippen MR) is 62.9 cm³/mol. The molecule has 0 heterocycles. The third-order valence-electron chi connectivity index (χ3n) is 3.35. The monoisotopic (exact) mass is 251 g/mol. The third-order valence-corrected chi connectivity index (χ3v) is 4.96. The van der Waals surface area contributed by atoms with E-state index in [-0.39, 0.29) is 0 Å². The van der Waals surface area contributed by atoms with Crippen LogP contribution in [0.3, 0.4) is 0 Å². The Labute approximate surface area is 100 Å². The molecule has 1 aromatic carbocycles. The van der Waals surface area contributed by atoms with E-state index >= 15 is 0 Å². The Morgan fingerprint density at radius 2 is 2.00 bits per heavy atom. The van der Waals surface area contributed by atoms with Gasteiger partial charge in [0.1, 0.15) is 5.41 Å². The summed E-state index contributed by atoms with van der Waals surface area (Å²) in [6, 6.07) is 11.0. The summed E-state index contributed by atoms with van der Waals surface area (Å²) in [6.45, 7) is -0.430. The van der Waals surface area contributed by atoms with Crippen LogP contribution in [0.5, 0.6) is 0 Å². The van der Waals surface area contributed by atoms with Gasteiger partial charge >= 0.3 is 0 Å². The van der Waals surface area contributed by atoms with E-state index in [1.54, 1.807) is 24.3 Å². The minimum absolute atomic E-state index is 0.423. The number of hydrogen-bond acceptors (Lipinski definition) is 4. The van der Waals surface area contributed by atoms with Gasteiger partial charge in [0, 0.05) is 12.2 Å². The molecule has 3 atom stereocenters. The lowest BCUT2D eigenvalue weighted by molar-refractivity contribution is 0.242. The van der Waals surface area contributed by atoms with E-state index in [1.807, 2.05) is 12.1 Å². The van der Waals surface area contributed by atoms with E-state index < -0.39 is 33.0 Å². The number of benzene rings is 1. The van der Waals surface area contributed by atoms with Gasteiger partial charge in [0.25, 0.3) is 0 Å². The van der Waals surface area contributed by atoms with E-state index in [0.717, 1.165) is 11.8 Å². The molecule has 17 heavy (non-hydrogen) atoms. The fraction of sp³-hybridized carbons (Fsp3) is 0.417. The molecule has 0 radical (unpaired) electrons. The molecule has 0 saturated heterocycles. The van der Waals surface area contributed by atoms with Gasteiger partial charge < -0.3 is 5.11 Å². The molecule has 4 nitrogen and oxygen atoms in total. The summed E-state index contributed by atoms with van der Waals surface area (Å²) in [7, 11) is -3.34. The molecule has 0 aliphatic heterocycles. The predicted octanol–water partition coefficient (Wildman–Crippen LogP) is 0.699. The zero-order chi connectivity index (χ0) is 12.7. The average Bonchev–Trinajstić information content (AvgIpc) is 3.00. The molecule has 1 N–H and O–H groups in total. The first-order valence-electron chi connectivity index (χ1n) is 5.23. The van der Waals surface area contributed by atoms with Crippen LogP contribution >= 0.6 is 0 Å². The van der Waals surface area contributed by atoms with Crippen molar-refractivity contribution in [1.29, 1.82) is 5.26 Å². The van der Waals surface area contributed by atoms with E-state index in [1.165, 1.54) is 0 Å². The van der Waals surface area contributed by atoms with E-state index in [9.17, 15) is 13.5 Å². The number of nitrogens with zero attached hydrogens (tertiary/aromatic N) is 1. The van der Waals surface area contributed by atoms with Gasteiger partial charge in [0.05, 0.1) is 17.9 Å². The minimum Gasteiger partial charge on any atom is -0.395 e. The first-order valence-corrected chi connectivity index (χ1v) is 7.19. The maximum Gasteiger partial charge on any atom is 0.152 e. The van der Waals surface area contributed by atoms with Crippen LogP contribution in [0.1, 0.15) is 11.5 Å². The quantitative estimate of drug-likeness (QED) is 0.857. The van der Waals surface area contributed by atoms with E-state index in [4.69, 9.17) is 5.26 Å². The van der Waals surface area contributed by atoms with Gasteiger partial charge in [0.15, 0.2) is 9.84 Å². The minimum atomic E-state index is -3.34. The second-order valence-electron chi connectivity index (χ2n) is 4.45. The molecule has 1 saturated carbocycles. The molecule has 0 amide bonds. The summed E-state index contributed by atoms with van der Waals surface area (Å²) < 4.78 is 23.3. The lowest BCUT2D eigenvalue weighted by atomic mass is 10.0. The summed E-state index contributed by atoms with van der Waals surface area (Å²) in [5.41, 5.74) is -0.381. The van der Waals surface area contributed by atoms with Crippen LogP contribution in [-0.2, 0) is 9.84 Å². The molecule has 0 spiro atoms. The summed E-state index contributed by atoms with van der Waals surface area (Å²) in [6.07, 6.45) is 1.11. The first kappa shape index (κ1) is 12.1. The SMILES string of the molecule is CS(=O)(=O)[C@H]1[C@H](c2ccccc2)[C@@]1(C#N)CO. The Hall–Kier alpha value is -1.38. The molecule has 5 heteroatoms. The van der Waals surface area contributed by atoms with Crippen LogP contribution in [0.4, 0.5) is 0 Å². The fourth-order valence-electron chi connectivity index (χ4n) is 2.52. The van der Waals surface area contributed by atoms with Crippen LogP contribution in [0.25, 0.3) is 0 Å². The normalized spacial score (nSPS) is 31.8. The highest BCUT2D eigenvalue weighted by molar-refractivity contribution is 7.91. The van der Waals surface area contributed by atoms with Crippen molar-refractivity contribution >= 4 is 9.84 Å². The van der Waals surface area contributed by atoms with Crippen LogP contribution < -0.4 is 0 Å². The largest absolute Gasteiger partial charge is 0.395 e. The molecule has 90 valence electrons. The van der Waals surface area contributed by atoms with Crippen molar-refractivity contribution < 1.29 is 13.5 Å². The van der Waals surface area contributed by atoms with Crippen LogP contribution in [0.15, 0.2) is 30.3 Å². The molecule has 1 fully saturated rings. The van der Waals surface area contributed by atoms with Gasteiger partial charge in [-0.1, -0.05) is 30.3 Å². The van der Waals surface area contributed by atoms with Gasteiger partial charge in [0.2, 0.25) is 0 Å². The average molecular weight is 251 g/mol. The number of rotatable bonds is 3. The standard InChI is InChI=1S/C12H13NO3S/c1-17(15,16)11-10(12(11,7-13)8-14)9-5-3-2-4-6-9/h2-6,10-11,14H,8H2,1H3/t10-,11-,12+/m0/s1. The Morgan fingerprint density at radius 3 is 2.35 bits per heavy atom. The zero-order valence-electron chi connectivity index (χ0n) is 9.37. The van der Waals surface area contributed by atoms with Gasteiger partial charge in [-0.15, -0.1) is 0 Å². The Balaban J connectivity index is 2.47. The lowest BCUT2D eigenvalue weighted by Gasteiger charge is -2.02. The van der Waals surface area contributed by atoms with Crippen molar-refractivity contribution in [3.05, 3.63) is 35.9 Å². The van der Waals surface area contributed by atoms with Crippen molar-refractivity contribution in [1.82, 2.24) is 0 Å². The smallest absolute Gasteiger partial charge is 0.152 e. The van der Waals surface area contributed by atoms with Gasteiger partial charge in [-0.25, -0.2) is 8.42 Å². The lowest BCUT2D eigenvalue weighted by Crippen LogP contribution is -2.16. The molecule has 0 bridgehead atoms. The molecule has 2 rings (SSSR count). The van der Waals surface area contributed by atoms with Gasteiger partial charge in [-0.2, -0.15) is 5.26 Å². The summed E-state index contributed by atoms with van der Waals surface area (Å²) in [5.74, 6) is -0.423. The maximum absolute atomic E-state index is 11.6. The van der Waals surface area contributed by atoms with E-state index in [0.29, 0.717) is 0 Å². The van der Waals surface area contributed by atoms with Crippen molar-refractivity contribution in [2.24, 2.45) is 5.41 Å². The van der Waals surface area contributed by atoms with Crippen molar-refractivity contribution in [2.45, 2.75) is 11.2 Å². The molecular formula is C12H13NO3S. The molecule has 0 unspecified atom stereocenters. The fourth-order valence-corrected chi connectivity index (χ4v) is 4.38. The molecular weight excluding hydrogens is 238 g/mol. The second kappa shape index (κ2) is 3.83. The van der Waals surface area contributed by atoms with Crippen LogP contribution in [-0.4, -0.2) is 31.6 Å². The van der Waals surface area contributed by atoms with Crippen LogP contribution in [0, 0.1) is 16.7 Å². The number of nitriles is 1. The van der Waals surface area contributed by atoms with Crippen LogP contribution in [0.2, 0.25) is 0 Å². The number of hydrogen-bond donors (Lipinski definition) is 1. The number of sulfone groups is 1. The molecule has 1 aliphatic rings. The number of aliphatic hydroxyl groups excluding tert-OH is 1. The third kappa shape index (κ3) is 1.74. The van der Waals surface area contributed by atoms with Gasteiger partial charge in [-0.3, -0.25) is 0 Å². The highest BCUT2D eigenvalue weighted by atomic mass is 32.2. The molecule has 1 aliphatic carbocycles. The number of aliphatic hydroxyl groups is 1. The Bertz CT molecular complexity index is 561. The first-order chi connectivity index (χ1) is 7.97. The summed E-state index contributed by atoms with van der Waals surface area (Å²) in [4.78, 5) is 0.